The van der Waals surface area contributed by atoms with Crippen molar-refractivity contribution in [2.45, 2.75) is 6.42 Å². The number of hydrogen-bond donors (Lipinski definition) is 2. The zero-order chi connectivity index (χ0) is 13.0. The molecule has 4 heteroatoms. The van der Waals surface area contributed by atoms with Crippen LogP contribution in [0.25, 0.3) is 0 Å². The first kappa shape index (κ1) is 13.1. The first-order chi connectivity index (χ1) is 8.66. The highest BCUT2D eigenvalue weighted by molar-refractivity contribution is 6.42. The van der Waals surface area contributed by atoms with Crippen LogP contribution in [0.2, 0.25) is 10.0 Å². The Labute approximate surface area is 117 Å². The minimum absolute atomic E-state index is 0.475. The third kappa shape index (κ3) is 3.31. The molecule has 94 valence electrons. The number of nitrogen functional groups attached to an aromatic ring is 1. The molecule has 0 aromatic heterocycles. The Balaban J connectivity index is 1.97. The van der Waals surface area contributed by atoms with Crippen LogP contribution >= 0.6 is 23.2 Å². The van der Waals surface area contributed by atoms with Gasteiger partial charge in [-0.3, -0.25) is 0 Å². The molecule has 0 amide bonds. The van der Waals surface area contributed by atoms with Gasteiger partial charge in [0.25, 0.3) is 0 Å². The molecule has 0 saturated carbocycles. The van der Waals surface area contributed by atoms with Gasteiger partial charge in [-0.05, 0) is 24.1 Å². The Kier molecular flexibility index (Phi) is 4.34. The van der Waals surface area contributed by atoms with Crippen molar-refractivity contribution in [2.24, 2.45) is 0 Å². The molecule has 2 nitrogen and oxygen atoms in total. The van der Waals surface area contributed by atoms with Gasteiger partial charge < -0.3 is 11.1 Å². The summed E-state index contributed by atoms with van der Waals surface area (Å²) in [5.74, 6) is 0. The van der Waals surface area contributed by atoms with E-state index in [1.165, 1.54) is 5.56 Å². The lowest BCUT2D eigenvalue weighted by atomic mass is 10.1. The Morgan fingerprint density at radius 3 is 2.39 bits per heavy atom. The standard InChI is InChI=1S/C14H14Cl2N2/c15-11-8-13(17)14(9-12(11)16)18-7-6-10-4-2-1-3-5-10/h1-5,8-9,18H,6-7,17H2. The van der Waals surface area contributed by atoms with Crippen molar-refractivity contribution in [2.75, 3.05) is 17.6 Å². The predicted octanol–water partition coefficient (Wildman–Crippen LogP) is 4.23. The number of nitrogens with one attached hydrogen (secondary N) is 1. The second-order valence-corrected chi connectivity index (χ2v) is 4.83. The van der Waals surface area contributed by atoms with Crippen LogP contribution < -0.4 is 11.1 Å². The van der Waals surface area contributed by atoms with Crippen LogP contribution in [0.4, 0.5) is 11.4 Å². The summed E-state index contributed by atoms with van der Waals surface area (Å²) in [6.07, 6.45) is 0.931. The summed E-state index contributed by atoms with van der Waals surface area (Å²) in [4.78, 5) is 0. The fraction of sp³-hybridized carbons (Fsp3) is 0.143. The molecule has 0 fully saturated rings. The highest BCUT2D eigenvalue weighted by atomic mass is 35.5. The molecule has 18 heavy (non-hydrogen) atoms. The number of nitrogens with two attached hydrogens (primary N) is 1. The molecule has 0 aliphatic heterocycles. The van der Waals surface area contributed by atoms with E-state index in [1.807, 2.05) is 18.2 Å². The Hall–Kier alpha value is -1.38. The molecule has 2 rings (SSSR count). The topological polar surface area (TPSA) is 38.0 Å². The summed E-state index contributed by atoms with van der Waals surface area (Å²) in [6.45, 7) is 0.798. The van der Waals surface area contributed by atoms with E-state index in [-0.39, 0.29) is 0 Å². The normalized spacial score (nSPS) is 10.3. The lowest BCUT2D eigenvalue weighted by Gasteiger charge is -2.10. The molecule has 0 radical (unpaired) electrons. The molecule has 3 N–H and O–H groups in total. The van der Waals surface area contributed by atoms with Crippen molar-refractivity contribution >= 4 is 34.6 Å². The second kappa shape index (κ2) is 5.98. The van der Waals surface area contributed by atoms with E-state index in [4.69, 9.17) is 28.9 Å². The molecule has 2 aromatic rings. The molecule has 0 aliphatic carbocycles. The summed E-state index contributed by atoms with van der Waals surface area (Å²) in [7, 11) is 0. The van der Waals surface area contributed by atoms with Gasteiger partial charge in [-0.2, -0.15) is 0 Å². The monoisotopic (exact) mass is 280 g/mol. The van der Waals surface area contributed by atoms with Crippen LogP contribution in [0.3, 0.4) is 0 Å². The van der Waals surface area contributed by atoms with Crippen LogP contribution in [-0.2, 0) is 6.42 Å². The number of hydrogen-bond acceptors (Lipinski definition) is 2. The molecule has 0 unspecified atom stereocenters. The van der Waals surface area contributed by atoms with Gasteiger partial charge in [-0.25, -0.2) is 0 Å². The van der Waals surface area contributed by atoms with Crippen LogP contribution in [0.1, 0.15) is 5.56 Å². The first-order valence-electron chi connectivity index (χ1n) is 5.69. The minimum Gasteiger partial charge on any atom is -0.397 e. The highest BCUT2D eigenvalue weighted by Gasteiger charge is 2.04. The molecule has 0 spiro atoms. The van der Waals surface area contributed by atoms with E-state index in [2.05, 4.69) is 17.4 Å². The summed E-state index contributed by atoms with van der Waals surface area (Å²) in [6, 6.07) is 13.7. The summed E-state index contributed by atoms with van der Waals surface area (Å²) < 4.78 is 0. The zero-order valence-electron chi connectivity index (χ0n) is 9.79. The number of anilines is 2. The molecule has 2 aromatic carbocycles. The smallest absolute Gasteiger partial charge is 0.0614 e. The highest BCUT2D eigenvalue weighted by Crippen LogP contribution is 2.30. The maximum absolute atomic E-state index is 5.95. The van der Waals surface area contributed by atoms with Gasteiger partial charge >= 0.3 is 0 Å². The van der Waals surface area contributed by atoms with Crippen molar-refractivity contribution in [3.05, 3.63) is 58.1 Å². The fourth-order valence-electron chi connectivity index (χ4n) is 1.70. The van der Waals surface area contributed by atoms with Crippen LogP contribution in [0.15, 0.2) is 42.5 Å². The van der Waals surface area contributed by atoms with E-state index < -0.39 is 0 Å². The van der Waals surface area contributed by atoms with Gasteiger partial charge in [0.2, 0.25) is 0 Å². The molecular formula is C14H14Cl2N2. The van der Waals surface area contributed by atoms with E-state index in [9.17, 15) is 0 Å². The lowest BCUT2D eigenvalue weighted by molar-refractivity contribution is 1.02. The summed E-state index contributed by atoms with van der Waals surface area (Å²) in [5.41, 5.74) is 8.57. The largest absolute Gasteiger partial charge is 0.397 e. The molecular weight excluding hydrogens is 267 g/mol. The first-order valence-corrected chi connectivity index (χ1v) is 6.45. The van der Waals surface area contributed by atoms with Crippen molar-refractivity contribution in [1.82, 2.24) is 0 Å². The third-order valence-corrected chi connectivity index (χ3v) is 3.39. The molecule has 0 bridgehead atoms. The third-order valence-electron chi connectivity index (χ3n) is 2.66. The maximum atomic E-state index is 5.95. The van der Waals surface area contributed by atoms with E-state index in [0.717, 1.165) is 18.7 Å². The Morgan fingerprint density at radius 2 is 1.67 bits per heavy atom. The molecule has 0 heterocycles. The molecule has 0 saturated heterocycles. The van der Waals surface area contributed by atoms with Gasteiger partial charge in [0.15, 0.2) is 0 Å². The number of rotatable bonds is 4. The molecule has 0 aliphatic rings. The van der Waals surface area contributed by atoms with E-state index in [0.29, 0.717) is 15.7 Å². The Morgan fingerprint density at radius 1 is 1.00 bits per heavy atom. The predicted molar refractivity (Wildman–Crippen MR) is 79.5 cm³/mol. The number of benzene rings is 2. The number of halogens is 2. The van der Waals surface area contributed by atoms with Gasteiger partial charge in [0, 0.05) is 6.54 Å². The van der Waals surface area contributed by atoms with E-state index in [1.54, 1.807) is 12.1 Å². The van der Waals surface area contributed by atoms with Crippen molar-refractivity contribution < 1.29 is 0 Å². The Bertz CT molecular complexity index is 527. The van der Waals surface area contributed by atoms with Crippen LogP contribution in [-0.4, -0.2) is 6.54 Å². The average molecular weight is 281 g/mol. The van der Waals surface area contributed by atoms with Gasteiger partial charge in [0.05, 0.1) is 21.4 Å². The second-order valence-electron chi connectivity index (χ2n) is 4.02. The van der Waals surface area contributed by atoms with Gasteiger partial charge in [-0.15, -0.1) is 0 Å². The molecule has 0 atom stereocenters. The van der Waals surface area contributed by atoms with Gasteiger partial charge in [-0.1, -0.05) is 53.5 Å². The summed E-state index contributed by atoms with van der Waals surface area (Å²) >= 11 is 11.8. The van der Waals surface area contributed by atoms with Crippen LogP contribution in [0.5, 0.6) is 0 Å². The van der Waals surface area contributed by atoms with Crippen molar-refractivity contribution in [3.8, 4) is 0 Å². The van der Waals surface area contributed by atoms with E-state index >= 15 is 0 Å². The minimum atomic E-state index is 0.475. The zero-order valence-corrected chi connectivity index (χ0v) is 11.3. The fourth-order valence-corrected chi connectivity index (χ4v) is 2.04. The SMILES string of the molecule is Nc1cc(Cl)c(Cl)cc1NCCc1ccccc1. The summed E-state index contributed by atoms with van der Waals surface area (Å²) in [5, 5.41) is 4.24. The van der Waals surface area contributed by atoms with Crippen molar-refractivity contribution in [3.63, 3.8) is 0 Å². The van der Waals surface area contributed by atoms with Crippen LogP contribution in [0, 0.1) is 0 Å². The lowest BCUT2D eigenvalue weighted by Crippen LogP contribution is -2.06. The maximum Gasteiger partial charge on any atom is 0.0614 e. The average Bonchev–Trinajstić information content (AvgIpc) is 2.37. The quantitative estimate of drug-likeness (QED) is 0.823. The van der Waals surface area contributed by atoms with Crippen molar-refractivity contribution in [1.29, 1.82) is 0 Å². The van der Waals surface area contributed by atoms with Gasteiger partial charge in [0.1, 0.15) is 0 Å².